The lowest BCUT2D eigenvalue weighted by Gasteiger charge is -2.24. The monoisotopic (exact) mass is 403 g/mol. The number of aromatic nitrogens is 2. The Morgan fingerprint density at radius 1 is 1.17 bits per heavy atom. The lowest BCUT2D eigenvalue weighted by molar-refractivity contribution is 0.0986. The molecule has 0 aliphatic carbocycles. The molecule has 152 valence electrons. The number of carbonyl (C=O) groups is 1. The van der Waals surface area contributed by atoms with Crippen molar-refractivity contribution in [3.05, 3.63) is 92.1 Å². The Morgan fingerprint density at radius 3 is 2.57 bits per heavy atom. The Kier molecular flexibility index (Phi) is 6.13. The minimum absolute atomic E-state index is 0.0836. The van der Waals surface area contributed by atoms with Gasteiger partial charge in [0.15, 0.2) is 5.69 Å². The fraction of sp³-hybridized carbons (Fsp3) is 0.182. The first-order valence-electron chi connectivity index (χ1n) is 9.44. The maximum Gasteiger partial charge on any atom is 0.330 e. The number of nitrogen functional groups attached to an aromatic ring is 1. The molecule has 3 N–H and O–H groups in total. The molecule has 1 heterocycles. The van der Waals surface area contributed by atoms with Gasteiger partial charge in [0, 0.05) is 12.1 Å². The normalized spacial score (nSPS) is 10.4. The van der Waals surface area contributed by atoms with Gasteiger partial charge < -0.3 is 10.6 Å². The third-order valence-electron chi connectivity index (χ3n) is 4.60. The van der Waals surface area contributed by atoms with Crippen LogP contribution in [0.4, 0.5) is 11.5 Å². The summed E-state index contributed by atoms with van der Waals surface area (Å²) in [5.74, 6) is -0.568. The number of carbonyl (C=O) groups excluding carboxylic acids is 1. The topological polar surface area (TPSA) is 125 Å². The molecule has 8 heteroatoms. The van der Waals surface area contributed by atoms with Gasteiger partial charge >= 0.3 is 5.69 Å². The predicted octanol–water partition coefficient (Wildman–Crippen LogP) is 2.10. The van der Waals surface area contributed by atoms with Crippen LogP contribution < -0.4 is 21.9 Å². The van der Waals surface area contributed by atoms with Gasteiger partial charge in [-0.05, 0) is 30.2 Å². The van der Waals surface area contributed by atoms with Gasteiger partial charge in [0.2, 0.25) is 0 Å². The number of rotatable bonds is 6. The molecule has 1 amide bonds. The summed E-state index contributed by atoms with van der Waals surface area (Å²) >= 11 is 0. The molecule has 0 saturated carbocycles. The van der Waals surface area contributed by atoms with Crippen LogP contribution in [0, 0.1) is 11.3 Å². The average Bonchev–Trinajstić information content (AvgIpc) is 2.76. The van der Waals surface area contributed by atoms with Crippen LogP contribution in [0.15, 0.2) is 64.2 Å². The number of nitrogens with two attached hydrogens (primary N) is 1. The van der Waals surface area contributed by atoms with Crippen molar-refractivity contribution >= 4 is 17.4 Å². The third kappa shape index (κ3) is 4.15. The number of nitriles is 1. The Labute approximate surface area is 172 Å². The second kappa shape index (κ2) is 8.92. The molecule has 3 aromatic rings. The zero-order valence-electron chi connectivity index (χ0n) is 16.5. The van der Waals surface area contributed by atoms with Crippen molar-refractivity contribution in [1.29, 1.82) is 5.26 Å². The van der Waals surface area contributed by atoms with E-state index in [9.17, 15) is 14.4 Å². The molecule has 0 atom stereocenters. The van der Waals surface area contributed by atoms with Gasteiger partial charge in [0.25, 0.3) is 11.5 Å². The van der Waals surface area contributed by atoms with Gasteiger partial charge in [-0.25, -0.2) is 4.79 Å². The Hall–Kier alpha value is -4.12. The van der Waals surface area contributed by atoms with E-state index in [4.69, 9.17) is 11.0 Å². The van der Waals surface area contributed by atoms with Crippen molar-refractivity contribution in [3.63, 3.8) is 0 Å². The largest absolute Gasteiger partial charge is 0.383 e. The number of benzene rings is 2. The van der Waals surface area contributed by atoms with Crippen LogP contribution in [-0.4, -0.2) is 22.0 Å². The highest BCUT2D eigenvalue weighted by molar-refractivity contribution is 6.07. The van der Waals surface area contributed by atoms with Crippen molar-refractivity contribution in [2.75, 3.05) is 17.2 Å². The number of amides is 1. The standard InChI is InChI=1S/C22H21N5O3/c1-2-11-26(21(29)17-10-6-9-16(12-17)13-23)18-19(24)27(22(30)25-20(18)28)14-15-7-4-3-5-8-15/h3-10,12H,2,11,14,24H2,1H3,(H,25,28,30). The molecular weight excluding hydrogens is 382 g/mol. The van der Waals surface area contributed by atoms with E-state index in [1.165, 1.54) is 15.5 Å². The van der Waals surface area contributed by atoms with Gasteiger partial charge in [0.05, 0.1) is 18.2 Å². The second-order valence-corrected chi connectivity index (χ2v) is 6.71. The van der Waals surface area contributed by atoms with E-state index in [0.717, 1.165) is 5.56 Å². The molecule has 0 spiro atoms. The van der Waals surface area contributed by atoms with Crippen LogP contribution in [0.5, 0.6) is 0 Å². The van der Waals surface area contributed by atoms with Crippen LogP contribution in [0.2, 0.25) is 0 Å². The lowest BCUT2D eigenvalue weighted by atomic mass is 10.1. The maximum atomic E-state index is 13.2. The smallest absolute Gasteiger partial charge is 0.330 e. The fourth-order valence-electron chi connectivity index (χ4n) is 3.18. The van der Waals surface area contributed by atoms with Gasteiger partial charge in [0.1, 0.15) is 5.82 Å². The van der Waals surface area contributed by atoms with E-state index in [1.807, 2.05) is 43.3 Å². The molecule has 0 fully saturated rings. The van der Waals surface area contributed by atoms with Gasteiger partial charge in [-0.1, -0.05) is 43.3 Å². The maximum absolute atomic E-state index is 13.2. The van der Waals surface area contributed by atoms with Gasteiger partial charge in [-0.2, -0.15) is 5.26 Å². The summed E-state index contributed by atoms with van der Waals surface area (Å²) in [5.41, 5.74) is 6.16. The van der Waals surface area contributed by atoms with Crippen LogP contribution in [0.1, 0.15) is 34.8 Å². The molecule has 0 saturated heterocycles. The highest BCUT2D eigenvalue weighted by Crippen LogP contribution is 2.21. The molecule has 0 radical (unpaired) electrons. The summed E-state index contributed by atoms with van der Waals surface area (Å²) < 4.78 is 1.23. The lowest BCUT2D eigenvalue weighted by Crippen LogP contribution is -2.41. The van der Waals surface area contributed by atoms with Crippen LogP contribution in [0.25, 0.3) is 0 Å². The number of aromatic amines is 1. The number of hydrogen-bond donors (Lipinski definition) is 2. The highest BCUT2D eigenvalue weighted by Gasteiger charge is 2.25. The zero-order chi connectivity index (χ0) is 21.7. The second-order valence-electron chi connectivity index (χ2n) is 6.71. The SMILES string of the molecule is CCCN(C(=O)c1cccc(C#N)c1)c1c(N)n(Cc2ccccc2)c(=O)[nH]c1=O. The first kappa shape index (κ1) is 20.6. The number of nitrogens with one attached hydrogen (secondary N) is 1. The first-order chi connectivity index (χ1) is 14.5. The minimum atomic E-state index is -0.736. The highest BCUT2D eigenvalue weighted by atomic mass is 16.2. The Balaban J connectivity index is 2.11. The summed E-state index contributed by atoms with van der Waals surface area (Å²) in [4.78, 5) is 41.8. The fourth-order valence-corrected chi connectivity index (χ4v) is 3.18. The van der Waals surface area contributed by atoms with Crippen LogP contribution in [-0.2, 0) is 6.54 Å². The number of nitrogens with zero attached hydrogens (tertiary/aromatic N) is 3. The quantitative estimate of drug-likeness (QED) is 0.652. The van der Waals surface area contributed by atoms with Crippen molar-refractivity contribution in [3.8, 4) is 6.07 Å². The average molecular weight is 403 g/mol. The number of H-pyrrole nitrogens is 1. The van der Waals surface area contributed by atoms with Crippen LogP contribution in [0.3, 0.4) is 0 Å². The number of hydrogen-bond acceptors (Lipinski definition) is 5. The van der Waals surface area contributed by atoms with Crippen molar-refractivity contribution in [1.82, 2.24) is 9.55 Å². The molecule has 0 aliphatic heterocycles. The molecule has 3 rings (SSSR count). The first-order valence-corrected chi connectivity index (χ1v) is 9.44. The van der Waals surface area contributed by atoms with Gasteiger partial charge in [-0.3, -0.25) is 19.1 Å². The Bertz CT molecular complexity index is 1220. The van der Waals surface area contributed by atoms with Gasteiger partial charge in [-0.15, -0.1) is 0 Å². The van der Waals surface area contributed by atoms with E-state index in [1.54, 1.807) is 18.2 Å². The Morgan fingerprint density at radius 2 is 1.90 bits per heavy atom. The molecule has 2 aromatic carbocycles. The van der Waals surface area contributed by atoms with E-state index in [0.29, 0.717) is 12.0 Å². The van der Waals surface area contributed by atoms with Crippen molar-refractivity contribution in [2.45, 2.75) is 19.9 Å². The summed E-state index contributed by atoms with van der Waals surface area (Å²) in [6.45, 7) is 2.22. The minimum Gasteiger partial charge on any atom is -0.383 e. The van der Waals surface area contributed by atoms with E-state index < -0.39 is 17.2 Å². The predicted molar refractivity (Wildman–Crippen MR) is 114 cm³/mol. The van der Waals surface area contributed by atoms with E-state index in [-0.39, 0.29) is 30.2 Å². The summed E-state index contributed by atoms with van der Waals surface area (Å²) in [6, 6.07) is 17.4. The van der Waals surface area contributed by atoms with E-state index >= 15 is 0 Å². The molecular formula is C22H21N5O3. The summed E-state index contributed by atoms with van der Waals surface area (Å²) in [5, 5.41) is 9.11. The summed E-state index contributed by atoms with van der Waals surface area (Å²) in [7, 11) is 0. The zero-order valence-corrected chi connectivity index (χ0v) is 16.5. The van der Waals surface area contributed by atoms with Crippen LogP contribution >= 0.6 is 0 Å². The molecule has 1 aromatic heterocycles. The third-order valence-corrected chi connectivity index (χ3v) is 4.60. The van der Waals surface area contributed by atoms with Crippen molar-refractivity contribution < 1.29 is 4.79 Å². The molecule has 8 nitrogen and oxygen atoms in total. The van der Waals surface area contributed by atoms with Crippen molar-refractivity contribution in [2.24, 2.45) is 0 Å². The number of anilines is 2. The summed E-state index contributed by atoms with van der Waals surface area (Å²) in [6.07, 6.45) is 0.556. The molecule has 0 bridgehead atoms. The molecule has 0 aliphatic rings. The molecule has 0 unspecified atom stereocenters. The molecule has 30 heavy (non-hydrogen) atoms. The van der Waals surface area contributed by atoms with E-state index in [2.05, 4.69) is 4.98 Å².